The second-order valence-electron chi connectivity index (χ2n) is 6.25. The van der Waals surface area contributed by atoms with Crippen LogP contribution in [-0.4, -0.2) is 61.2 Å². The van der Waals surface area contributed by atoms with Gasteiger partial charge in [0.05, 0.1) is 19.3 Å². The summed E-state index contributed by atoms with van der Waals surface area (Å²) in [6.45, 7) is 7.72. The van der Waals surface area contributed by atoms with Gasteiger partial charge in [0.15, 0.2) is 0 Å². The predicted molar refractivity (Wildman–Crippen MR) is 72.5 cm³/mol. The summed E-state index contributed by atoms with van der Waals surface area (Å²) in [5, 5.41) is 19.2. The van der Waals surface area contributed by atoms with Crippen molar-refractivity contribution in [3.63, 3.8) is 0 Å². The first kappa shape index (κ1) is 15.9. The van der Waals surface area contributed by atoms with Crippen LogP contribution in [0, 0.1) is 11.3 Å². The Hall–Kier alpha value is -0.160. The molecule has 2 unspecified atom stereocenters. The number of rotatable bonds is 7. The molecule has 1 rings (SSSR count). The zero-order valence-electron chi connectivity index (χ0n) is 12.1. The Morgan fingerprint density at radius 3 is 2.67 bits per heavy atom. The Balaban J connectivity index is 2.49. The highest BCUT2D eigenvalue weighted by atomic mass is 16.5. The maximum absolute atomic E-state index is 10.1. The quantitative estimate of drug-likeness (QED) is 0.719. The van der Waals surface area contributed by atoms with Crippen LogP contribution in [0.3, 0.4) is 0 Å². The summed E-state index contributed by atoms with van der Waals surface area (Å²) in [5.41, 5.74) is 0.329. The highest BCUT2D eigenvalue weighted by Gasteiger charge is 2.34. The van der Waals surface area contributed by atoms with E-state index in [0.29, 0.717) is 24.5 Å². The zero-order valence-corrected chi connectivity index (χ0v) is 12.1. The minimum absolute atomic E-state index is 0.163. The van der Waals surface area contributed by atoms with Crippen LogP contribution < -0.4 is 0 Å². The molecule has 4 heteroatoms. The summed E-state index contributed by atoms with van der Waals surface area (Å²) in [6, 6.07) is 0. The lowest BCUT2D eigenvalue weighted by molar-refractivity contribution is -0.00128. The summed E-state index contributed by atoms with van der Waals surface area (Å²) in [6.07, 6.45) is 2.86. The lowest BCUT2D eigenvalue weighted by Crippen LogP contribution is -2.43. The molecular weight excluding hydrogens is 230 g/mol. The SMILES string of the molecule is COCCN(CCO)CC1CC(C)(C)CCC1O. The van der Waals surface area contributed by atoms with Gasteiger partial charge in [-0.25, -0.2) is 0 Å². The Labute approximate surface area is 111 Å². The van der Waals surface area contributed by atoms with Crippen LogP contribution in [0.1, 0.15) is 33.1 Å². The van der Waals surface area contributed by atoms with Crippen LogP contribution in [0.5, 0.6) is 0 Å². The first-order chi connectivity index (χ1) is 8.48. The van der Waals surface area contributed by atoms with Crippen molar-refractivity contribution in [3.8, 4) is 0 Å². The third kappa shape index (κ3) is 5.22. The molecule has 2 N–H and O–H groups in total. The fraction of sp³-hybridized carbons (Fsp3) is 1.00. The number of nitrogens with zero attached hydrogens (tertiary/aromatic N) is 1. The Morgan fingerprint density at radius 1 is 1.33 bits per heavy atom. The van der Waals surface area contributed by atoms with Crippen LogP contribution in [0.25, 0.3) is 0 Å². The maximum atomic E-state index is 10.1. The van der Waals surface area contributed by atoms with Gasteiger partial charge in [0.25, 0.3) is 0 Å². The molecule has 0 amide bonds. The van der Waals surface area contributed by atoms with Gasteiger partial charge in [-0.3, -0.25) is 4.90 Å². The van der Waals surface area contributed by atoms with E-state index < -0.39 is 0 Å². The predicted octanol–water partition coefficient (Wildman–Crippen LogP) is 1.11. The van der Waals surface area contributed by atoms with Gasteiger partial charge in [0, 0.05) is 26.7 Å². The number of aliphatic hydroxyl groups is 2. The molecule has 0 heterocycles. The molecule has 2 atom stereocenters. The first-order valence-electron chi connectivity index (χ1n) is 6.99. The first-order valence-corrected chi connectivity index (χ1v) is 6.99. The van der Waals surface area contributed by atoms with Crippen molar-refractivity contribution < 1.29 is 14.9 Å². The molecule has 1 aliphatic carbocycles. The maximum Gasteiger partial charge on any atom is 0.0589 e. The van der Waals surface area contributed by atoms with Crippen molar-refractivity contribution in [3.05, 3.63) is 0 Å². The van der Waals surface area contributed by atoms with Gasteiger partial charge < -0.3 is 14.9 Å². The highest BCUT2D eigenvalue weighted by molar-refractivity contribution is 4.86. The molecule has 0 aromatic rings. The smallest absolute Gasteiger partial charge is 0.0589 e. The van der Waals surface area contributed by atoms with Gasteiger partial charge in [0.1, 0.15) is 0 Å². The number of hydrogen-bond donors (Lipinski definition) is 2. The Morgan fingerprint density at radius 2 is 2.06 bits per heavy atom. The summed E-state index contributed by atoms with van der Waals surface area (Å²) in [4.78, 5) is 2.19. The van der Waals surface area contributed by atoms with Gasteiger partial charge in [-0.15, -0.1) is 0 Å². The minimum atomic E-state index is -0.193. The van der Waals surface area contributed by atoms with Gasteiger partial charge in [-0.05, 0) is 30.6 Å². The van der Waals surface area contributed by atoms with Crippen molar-refractivity contribution in [2.75, 3.05) is 40.0 Å². The molecule has 1 saturated carbocycles. The van der Waals surface area contributed by atoms with Gasteiger partial charge in [-0.2, -0.15) is 0 Å². The molecule has 0 aliphatic heterocycles. The fourth-order valence-corrected chi connectivity index (χ4v) is 2.90. The Bertz CT molecular complexity index is 233. The van der Waals surface area contributed by atoms with E-state index in [1.165, 1.54) is 0 Å². The van der Waals surface area contributed by atoms with E-state index in [1.807, 2.05) is 0 Å². The van der Waals surface area contributed by atoms with E-state index in [2.05, 4.69) is 18.7 Å². The van der Waals surface area contributed by atoms with Crippen molar-refractivity contribution in [2.45, 2.75) is 39.2 Å². The van der Waals surface area contributed by atoms with Gasteiger partial charge in [-0.1, -0.05) is 13.8 Å². The molecular formula is C14H29NO3. The number of hydrogen-bond acceptors (Lipinski definition) is 4. The van der Waals surface area contributed by atoms with E-state index in [-0.39, 0.29) is 12.7 Å². The number of aliphatic hydroxyl groups excluding tert-OH is 2. The van der Waals surface area contributed by atoms with E-state index >= 15 is 0 Å². The molecule has 108 valence electrons. The topological polar surface area (TPSA) is 52.9 Å². The average Bonchev–Trinajstić information content (AvgIpc) is 2.31. The highest BCUT2D eigenvalue weighted by Crippen LogP contribution is 2.38. The summed E-state index contributed by atoms with van der Waals surface area (Å²) in [7, 11) is 1.69. The third-order valence-corrected chi connectivity index (χ3v) is 4.00. The van der Waals surface area contributed by atoms with Gasteiger partial charge in [0.2, 0.25) is 0 Å². The molecule has 0 aromatic carbocycles. The molecule has 0 spiro atoms. The Kier molecular flexibility index (Phi) is 6.57. The largest absolute Gasteiger partial charge is 0.395 e. The van der Waals surface area contributed by atoms with Gasteiger partial charge >= 0.3 is 0 Å². The summed E-state index contributed by atoms with van der Waals surface area (Å²) >= 11 is 0. The molecule has 0 bridgehead atoms. The summed E-state index contributed by atoms with van der Waals surface area (Å²) in [5.74, 6) is 0.317. The van der Waals surface area contributed by atoms with Crippen LogP contribution in [0.15, 0.2) is 0 Å². The van der Waals surface area contributed by atoms with Crippen molar-refractivity contribution in [1.82, 2.24) is 4.90 Å². The van der Waals surface area contributed by atoms with Crippen molar-refractivity contribution >= 4 is 0 Å². The van der Waals surface area contributed by atoms with Crippen molar-refractivity contribution in [2.24, 2.45) is 11.3 Å². The molecule has 1 fully saturated rings. The fourth-order valence-electron chi connectivity index (χ4n) is 2.90. The average molecular weight is 259 g/mol. The zero-order chi connectivity index (χ0) is 13.6. The molecule has 0 aromatic heterocycles. The standard InChI is InChI=1S/C14H29NO3/c1-14(2)5-4-13(17)12(10-14)11-15(6-8-16)7-9-18-3/h12-13,16-17H,4-11H2,1-3H3. The van der Waals surface area contributed by atoms with Crippen LogP contribution in [-0.2, 0) is 4.74 Å². The third-order valence-electron chi connectivity index (χ3n) is 4.00. The number of ether oxygens (including phenoxy) is 1. The molecule has 18 heavy (non-hydrogen) atoms. The van der Waals surface area contributed by atoms with E-state index in [9.17, 15) is 5.11 Å². The molecule has 0 saturated heterocycles. The second kappa shape index (κ2) is 7.43. The second-order valence-corrected chi connectivity index (χ2v) is 6.25. The lowest BCUT2D eigenvalue weighted by Gasteiger charge is -2.40. The number of methoxy groups -OCH3 is 1. The van der Waals surface area contributed by atoms with E-state index in [0.717, 1.165) is 32.4 Å². The lowest BCUT2D eigenvalue weighted by atomic mass is 9.70. The molecule has 4 nitrogen and oxygen atoms in total. The van der Waals surface area contributed by atoms with Crippen LogP contribution in [0.2, 0.25) is 0 Å². The summed E-state index contributed by atoms with van der Waals surface area (Å²) < 4.78 is 5.09. The van der Waals surface area contributed by atoms with Crippen molar-refractivity contribution in [1.29, 1.82) is 0 Å². The monoisotopic (exact) mass is 259 g/mol. The van der Waals surface area contributed by atoms with E-state index in [1.54, 1.807) is 7.11 Å². The van der Waals surface area contributed by atoms with Crippen LogP contribution >= 0.6 is 0 Å². The molecule has 0 radical (unpaired) electrons. The van der Waals surface area contributed by atoms with E-state index in [4.69, 9.17) is 9.84 Å². The minimum Gasteiger partial charge on any atom is -0.395 e. The van der Waals surface area contributed by atoms with Crippen LogP contribution in [0.4, 0.5) is 0 Å². The normalized spacial score (nSPS) is 27.7. The molecule has 1 aliphatic rings.